The van der Waals surface area contributed by atoms with Gasteiger partial charge in [-0.05, 0) is 67.6 Å². The summed E-state index contributed by atoms with van der Waals surface area (Å²) in [5, 5.41) is 13.2. The van der Waals surface area contributed by atoms with Gasteiger partial charge in [-0.3, -0.25) is 24.6 Å². The van der Waals surface area contributed by atoms with Crippen LogP contribution in [0.5, 0.6) is 0 Å². The van der Waals surface area contributed by atoms with Crippen molar-refractivity contribution >= 4 is 58.1 Å². The lowest BCUT2D eigenvalue weighted by atomic mass is 10.2. The number of nitro groups is 1. The second kappa shape index (κ2) is 10.5. The number of para-hydroxylation sites is 2. The lowest BCUT2D eigenvalue weighted by Crippen LogP contribution is -2.34. The van der Waals surface area contributed by atoms with E-state index in [0.717, 1.165) is 26.1 Å². The fourth-order valence-electron chi connectivity index (χ4n) is 3.93. The first-order valence-corrected chi connectivity index (χ1v) is 13.1. The second-order valence-electron chi connectivity index (χ2n) is 8.25. The Kier molecular flexibility index (Phi) is 6.98. The normalized spacial score (nSPS) is 12.7. The van der Waals surface area contributed by atoms with Crippen LogP contribution in [0.2, 0.25) is 0 Å². The van der Waals surface area contributed by atoms with Crippen LogP contribution in [0.1, 0.15) is 17.3 Å². The van der Waals surface area contributed by atoms with Crippen LogP contribution in [0.15, 0.2) is 112 Å². The van der Waals surface area contributed by atoms with Crippen molar-refractivity contribution in [1.29, 1.82) is 0 Å². The van der Waals surface area contributed by atoms with E-state index in [-0.39, 0.29) is 22.8 Å². The van der Waals surface area contributed by atoms with E-state index < -0.39 is 4.92 Å². The Hall–Kier alpha value is -4.08. The minimum atomic E-state index is -0.508. The molecule has 0 aromatic heterocycles. The van der Waals surface area contributed by atoms with Crippen molar-refractivity contribution in [1.82, 2.24) is 0 Å². The van der Waals surface area contributed by atoms with Crippen molar-refractivity contribution in [3.63, 3.8) is 0 Å². The lowest BCUT2D eigenvalue weighted by molar-refractivity contribution is -0.384. The molecule has 0 fully saturated rings. The van der Waals surface area contributed by atoms with E-state index in [1.165, 1.54) is 36.0 Å². The van der Waals surface area contributed by atoms with Crippen molar-refractivity contribution < 1.29 is 14.5 Å². The van der Waals surface area contributed by atoms with E-state index in [1.807, 2.05) is 67.6 Å². The predicted molar refractivity (Wildman–Crippen MR) is 147 cm³/mol. The number of carbonyl (C=O) groups is 2. The van der Waals surface area contributed by atoms with Crippen LogP contribution in [0.4, 0.5) is 22.7 Å². The molecule has 4 aromatic rings. The third kappa shape index (κ3) is 5.23. The summed E-state index contributed by atoms with van der Waals surface area (Å²) in [6, 6.07) is 28.5. The topological polar surface area (TPSA) is 92.5 Å². The molecule has 1 aliphatic heterocycles. The van der Waals surface area contributed by atoms with Crippen molar-refractivity contribution in [2.75, 3.05) is 10.2 Å². The first-order valence-electron chi connectivity index (χ1n) is 11.4. The molecule has 1 N–H and O–H groups in total. The zero-order chi connectivity index (χ0) is 25.9. The van der Waals surface area contributed by atoms with Crippen LogP contribution in [0.25, 0.3) is 0 Å². The summed E-state index contributed by atoms with van der Waals surface area (Å²) in [6.45, 7) is 1.89. The van der Waals surface area contributed by atoms with E-state index in [4.69, 9.17) is 0 Å². The highest BCUT2D eigenvalue weighted by atomic mass is 32.2. The highest BCUT2D eigenvalue weighted by molar-refractivity contribution is 8.00. The van der Waals surface area contributed by atoms with Gasteiger partial charge in [0.15, 0.2) is 0 Å². The average molecular weight is 528 g/mol. The van der Waals surface area contributed by atoms with Gasteiger partial charge in [0, 0.05) is 38.1 Å². The first kappa shape index (κ1) is 24.6. The Morgan fingerprint density at radius 2 is 1.43 bits per heavy atom. The highest BCUT2D eigenvalue weighted by Crippen LogP contribution is 2.48. The van der Waals surface area contributed by atoms with Crippen LogP contribution in [-0.2, 0) is 4.79 Å². The molecule has 9 heteroatoms. The summed E-state index contributed by atoms with van der Waals surface area (Å²) in [4.78, 5) is 41.2. The number of nitrogens with zero attached hydrogens (tertiary/aromatic N) is 2. The van der Waals surface area contributed by atoms with Crippen molar-refractivity contribution in [2.24, 2.45) is 0 Å². The van der Waals surface area contributed by atoms with Gasteiger partial charge in [0.05, 0.1) is 21.5 Å². The Morgan fingerprint density at radius 1 is 0.865 bits per heavy atom. The van der Waals surface area contributed by atoms with E-state index in [2.05, 4.69) is 5.32 Å². The zero-order valence-electron chi connectivity index (χ0n) is 19.7. The second-order valence-corrected chi connectivity index (χ2v) is 10.8. The summed E-state index contributed by atoms with van der Waals surface area (Å²) in [5.41, 5.74) is 2.60. The molecule has 0 bridgehead atoms. The molecule has 4 aromatic carbocycles. The number of amides is 2. The number of carbonyl (C=O) groups excluding carboxylic acids is 2. The summed E-state index contributed by atoms with van der Waals surface area (Å²) in [5.74, 6) is -0.375. The first-order chi connectivity index (χ1) is 17.9. The van der Waals surface area contributed by atoms with Gasteiger partial charge in [-0.25, -0.2) is 0 Å². The van der Waals surface area contributed by atoms with Crippen LogP contribution >= 0.6 is 23.5 Å². The summed E-state index contributed by atoms with van der Waals surface area (Å²) in [7, 11) is 0. The zero-order valence-corrected chi connectivity index (χ0v) is 21.3. The molecular weight excluding hydrogens is 506 g/mol. The maximum absolute atomic E-state index is 13.7. The van der Waals surface area contributed by atoms with Gasteiger partial charge in [0.25, 0.3) is 11.6 Å². The van der Waals surface area contributed by atoms with Gasteiger partial charge in [0.1, 0.15) is 0 Å². The van der Waals surface area contributed by atoms with Gasteiger partial charge in [0.2, 0.25) is 5.91 Å². The molecule has 0 aliphatic carbocycles. The molecule has 7 nitrogen and oxygen atoms in total. The fraction of sp³-hybridized carbons (Fsp3) is 0.0714. The average Bonchev–Trinajstić information content (AvgIpc) is 2.92. The van der Waals surface area contributed by atoms with Crippen LogP contribution in [0.3, 0.4) is 0 Å². The van der Waals surface area contributed by atoms with E-state index >= 15 is 0 Å². The third-order valence-corrected chi connectivity index (χ3v) is 8.00. The smallest absolute Gasteiger partial charge is 0.269 e. The molecule has 0 spiro atoms. The van der Waals surface area contributed by atoms with E-state index in [1.54, 1.807) is 28.8 Å². The number of nitrogens with one attached hydrogen (secondary N) is 1. The molecule has 0 radical (unpaired) electrons. The largest absolute Gasteiger partial charge is 0.322 e. The lowest BCUT2D eigenvalue weighted by Gasteiger charge is -2.32. The van der Waals surface area contributed by atoms with Gasteiger partial charge in [-0.1, -0.05) is 36.0 Å². The summed E-state index contributed by atoms with van der Waals surface area (Å²) in [6.07, 6.45) is 0. The maximum Gasteiger partial charge on any atom is 0.269 e. The van der Waals surface area contributed by atoms with Crippen molar-refractivity contribution in [2.45, 2.75) is 26.9 Å². The van der Waals surface area contributed by atoms with Crippen molar-refractivity contribution in [3.05, 3.63) is 113 Å². The molecular formula is C28H21N3O4S2. The fourth-order valence-corrected chi connectivity index (χ4v) is 5.90. The monoisotopic (exact) mass is 527 g/mol. The van der Waals surface area contributed by atoms with Crippen LogP contribution in [0, 0.1) is 10.1 Å². The molecule has 0 saturated heterocycles. The number of benzene rings is 4. The third-order valence-electron chi connectivity index (χ3n) is 5.77. The number of rotatable bonds is 6. The van der Waals surface area contributed by atoms with Crippen LogP contribution in [-0.4, -0.2) is 22.0 Å². The number of nitro benzene ring substituents is 1. The van der Waals surface area contributed by atoms with Crippen molar-refractivity contribution in [3.8, 4) is 0 Å². The number of fused-ring (bicyclic) bond motifs is 2. The minimum Gasteiger partial charge on any atom is -0.322 e. The van der Waals surface area contributed by atoms with Gasteiger partial charge in [-0.2, -0.15) is 0 Å². The molecule has 1 aliphatic rings. The van der Waals surface area contributed by atoms with Gasteiger partial charge in [-0.15, -0.1) is 11.8 Å². The molecule has 37 heavy (non-hydrogen) atoms. The summed E-state index contributed by atoms with van der Waals surface area (Å²) >= 11 is 3.11. The number of thioether (sulfide) groups is 1. The molecule has 5 rings (SSSR count). The Morgan fingerprint density at radius 3 is 2.00 bits per heavy atom. The summed E-state index contributed by atoms with van der Waals surface area (Å²) < 4.78 is 0. The number of anilines is 3. The minimum absolute atomic E-state index is 0.0132. The van der Waals surface area contributed by atoms with Crippen LogP contribution < -0.4 is 10.2 Å². The van der Waals surface area contributed by atoms with E-state index in [9.17, 15) is 19.7 Å². The Labute approximate surface area is 222 Å². The maximum atomic E-state index is 13.7. The SMILES string of the molecule is CC(Sc1ccc(NC(=O)c2ccc([N+](=O)[O-])cc2)cc1)C(=O)N1c2ccccc2Sc2ccccc21. The standard InChI is InChI=1S/C28H21N3O4S2/c1-18(28(33)30-23-6-2-4-8-25(23)37-26-9-5-3-7-24(26)30)36-22-16-12-20(13-17-22)29-27(32)19-10-14-21(15-11-19)31(34)35/h2-18H,1H3,(H,29,32). The van der Waals surface area contributed by atoms with Gasteiger partial charge >= 0.3 is 0 Å². The van der Waals surface area contributed by atoms with E-state index in [0.29, 0.717) is 11.3 Å². The molecule has 1 heterocycles. The molecule has 1 unspecified atom stereocenters. The molecule has 2 amide bonds. The highest BCUT2D eigenvalue weighted by Gasteiger charge is 2.31. The van der Waals surface area contributed by atoms with Gasteiger partial charge < -0.3 is 5.32 Å². The molecule has 184 valence electrons. The molecule has 0 saturated carbocycles. The molecule has 1 atom stereocenters. The number of hydrogen-bond donors (Lipinski definition) is 1. The number of non-ortho nitro benzene ring substituents is 1. The number of hydrogen-bond acceptors (Lipinski definition) is 6. The Balaban J connectivity index is 1.27. The predicted octanol–water partition coefficient (Wildman–Crippen LogP) is 7.16. The quantitative estimate of drug-likeness (QED) is 0.163. The Bertz CT molecular complexity index is 1440.